The zero-order valence-electron chi connectivity index (χ0n) is 6.70. The Morgan fingerprint density at radius 3 is 2.25 bits per heavy atom. The SMILES string of the molecule is Oc1ccc2ccccc2c1.P. The van der Waals surface area contributed by atoms with Gasteiger partial charge in [-0.3, -0.25) is 0 Å². The minimum Gasteiger partial charge on any atom is -0.508 e. The van der Waals surface area contributed by atoms with Crippen molar-refractivity contribution >= 4 is 20.7 Å². The molecule has 12 heavy (non-hydrogen) atoms. The average Bonchev–Trinajstić information content (AvgIpc) is 2.04. The van der Waals surface area contributed by atoms with Crippen molar-refractivity contribution in [1.29, 1.82) is 0 Å². The summed E-state index contributed by atoms with van der Waals surface area (Å²) in [6.45, 7) is 0. The molecule has 0 heterocycles. The molecule has 0 saturated carbocycles. The zero-order chi connectivity index (χ0) is 7.68. The van der Waals surface area contributed by atoms with Crippen LogP contribution in [0, 0.1) is 0 Å². The van der Waals surface area contributed by atoms with Crippen molar-refractivity contribution in [1.82, 2.24) is 0 Å². The quantitative estimate of drug-likeness (QED) is 0.615. The monoisotopic (exact) mass is 178 g/mol. The molecule has 0 aliphatic heterocycles. The van der Waals surface area contributed by atoms with Crippen LogP contribution >= 0.6 is 9.90 Å². The normalized spacial score (nSPS) is 9.33. The maximum atomic E-state index is 9.13. The third-order valence-electron chi connectivity index (χ3n) is 1.73. The van der Waals surface area contributed by atoms with Crippen molar-refractivity contribution in [2.75, 3.05) is 0 Å². The summed E-state index contributed by atoms with van der Waals surface area (Å²) in [6, 6.07) is 13.3. The van der Waals surface area contributed by atoms with Crippen molar-refractivity contribution in [3.05, 3.63) is 42.5 Å². The van der Waals surface area contributed by atoms with E-state index in [1.807, 2.05) is 30.3 Å². The number of benzene rings is 2. The van der Waals surface area contributed by atoms with Gasteiger partial charge in [0.1, 0.15) is 5.75 Å². The predicted octanol–water partition coefficient (Wildman–Crippen LogP) is 2.60. The molecule has 0 aromatic heterocycles. The van der Waals surface area contributed by atoms with Crippen LogP contribution in [0.4, 0.5) is 0 Å². The number of aromatic hydroxyl groups is 1. The van der Waals surface area contributed by atoms with E-state index in [2.05, 4.69) is 0 Å². The van der Waals surface area contributed by atoms with Gasteiger partial charge in [-0.1, -0.05) is 30.3 Å². The molecule has 1 N–H and O–H groups in total. The molecule has 62 valence electrons. The number of fused-ring (bicyclic) bond motifs is 1. The topological polar surface area (TPSA) is 20.2 Å². The lowest BCUT2D eigenvalue weighted by Gasteiger charge is -1.96. The van der Waals surface area contributed by atoms with Gasteiger partial charge in [0.2, 0.25) is 0 Å². The first-order valence-electron chi connectivity index (χ1n) is 3.54. The van der Waals surface area contributed by atoms with Crippen LogP contribution in [0.1, 0.15) is 0 Å². The van der Waals surface area contributed by atoms with Crippen LogP contribution in [-0.4, -0.2) is 5.11 Å². The lowest BCUT2D eigenvalue weighted by Crippen LogP contribution is -1.69. The number of hydrogen-bond donors (Lipinski definition) is 1. The van der Waals surface area contributed by atoms with E-state index in [0.29, 0.717) is 5.75 Å². The van der Waals surface area contributed by atoms with E-state index in [-0.39, 0.29) is 9.90 Å². The summed E-state index contributed by atoms with van der Waals surface area (Å²) in [7, 11) is 0. The van der Waals surface area contributed by atoms with Crippen LogP contribution in [0.2, 0.25) is 0 Å². The molecule has 0 amide bonds. The zero-order valence-corrected chi connectivity index (χ0v) is 8.11. The highest BCUT2D eigenvalue weighted by molar-refractivity contribution is 6.92. The van der Waals surface area contributed by atoms with Crippen LogP contribution in [0.25, 0.3) is 10.8 Å². The minimum absolute atomic E-state index is 0. The van der Waals surface area contributed by atoms with Gasteiger partial charge >= 0.3 is 0 Å². The molecule has 0 saturated heterocycles. The Labute approximate surface area is 74.7 Å². The average molecular weight is 178 g/mol. The molecule has 2 aromatic rings. The lowest BCUT2D eigenvalue weighted by atomic mass is 10.1. The first-order chi connectivity index (χ1) is 5.36. The summed E-state index contributed by atoms with van der Waals surface area (Å²) in [6.07, 6.45) is 0. The molecular weight excluding hydrogens is 167 g/mol. The number of hydrogen-bond acceptors (Lipinski definition) is 1. The van der Waals surface area contributed by atoms with Crippen LogP contribution in [-0.2, 0) is 0 Å². The highest BCUT2D eigenvalue weighted by atomic mass is 31.0. The molecule has 2 rings (SSSR count). The summed E-state index contributed by atoms with van der Waals surface area (Å²) in [5.74, 6) is 0.323. The van der Waals surface area contributed by atoms with Gasteiger partial charge < -0.3 is 5.11 Å². The predicted molar refractivity (Wildman–Crippen MR) is 56.7 cm³/mol. The van der Waals surface area contributed by atoms with Crippen molar-refractivity contribution < 1.29 is 5.11 Å². The Morgan fingerprint density at radius 1 is 0.833 bits per heavy atom. The minimum atomic E-state index is 0. The van der Waals surface area contributed by atoms with Crippen LogP contribution in [0.5, 0.6) is 5.75 Å². The molecule has 0 spiro atoms. The van der Waals surface area contributed by atoms with E-state index in [1.54, 1.807) is 12.1 Å². The molecular formula is C10H11OP. The van der Waals surface area contributed by atoms with E-state index in [9.17, 15) is 0 Å². The maximum Gasteiger partial charge on any atom is 0.116 e. The van der Waals surface area contributed by atoms with Crippen LogP contribution in [0.3, 0.4) is 0 Å². The van der Waals surface area contributed by atoms with E-state index < -0.39 is 0 Å². The van der Waals surface area contributed by atoms with E-state index >= 15 is 0 Å². The first-order valence-corrected chi connectivity index (χ1v) is 3.54. The maximum absolute atomic E-state index is 9.13. The smallest absolute Gasteiger partial charge is 0.116 e. The Hall–Kier alpha value is -1.07. The second-order valence-electron chi connectivity index (χ2n) is 2.53. The molecule has 1 atom stereocenters. The lowest BCUT2D eigenvalue weighted by molar-refractivity contribution is 0.476. The molecule has 0 radical (unpaired) electrons. The third kappa shape index (κ3) is 1.57. The summed E-state index contributed by atoms with van der Waals surface area (Å²) >= 11 is 0. The highest BCUT2D eigenvalue weighted by Gasteiger charge is 1.91. The van der Waals surface area contributed by atoms with Gasteiger partial charge in [-0.2, -0.15) is 9.90 Å². The highest BCUT2D eigenvalue weighted by Crippen LogP contribution is 2.18. The van der Waals surface area contributed by atoms with Gasteiger partial charge in [0.05, 0.1) is 0 Å². The van der Waals surface area contributed by atoms with Crippen LogP contribution in [0.15, 0.2) is 42.5 Å². The third-order valence-corrected chi connectivity index (χ3v) is 1.73. The molecule has 0 fully saturated rings. The summed E-state index contributed by atoms with van der Waals surface area (Å²) in [5.41, 5.74) is 0. The van der Waals surface area contributed by atoms with Gasteiger partial charge in [0, 0.05) is 0 Å². The second kappa shape index (κ2) is 3.55. The standard InChI is InChI=1S/C10H8O.H3P/c11-10-6-5-8-3-1-2-4-9(8)7-10;/h1-7,11H;1H3. The van der Waals surface area contributed by atoms with Gasteiger partial charge in [0.15, 0.2) is 0 Å². The van der Waals surface area contributed by atoms with E-state index in [0.717, 1.165) is 10.8 Å². The number of rotatable bonds is 0. The molecule has 2 aromatic carbocycles. The van der Waals surface area contributed by atoms with Crippen molar-refractivity contribution in [3.8, 4) is 5.75 Å². The van der Waals surface area contributed by atoms with Gasteiger partial charge in [-0.25, -0.2) is 0 Å². The largest absolute Gasteiger partial charge is 0.508 e. The molecule has 2 heteroatoms. The summed E-state index contributed by atoms with van der Waals surface area (Å²) in [5, 5.41) is 11.4. The van der Waals surface area contributed by atoms with Gasteiger partial charge in [-0.05, 0) is 22.9 Å². The van der Waals surface area contributed by atoms with E-state index in [1.165, 1.54) is 0 Å². The summed E-state index contributed by atoms with van der Waals surface area (Å²) < 4.78 is 0. The Kier molecular flexibility index (Phi) is 2.67. The van der Waals surface area contributed by atoms with E-state index in [4.69, 9.17) is 5.11 Å². The van der Waals surface area contributed by atoms with Gasteiger partial charge in [0.25, 0.3) is 0 Å². The van der Waals surface area contributed by atoms with Gasteiger partial charge in [-0.15, -0.1) is 0 Å². The number of phenolic OH excluding ortho intramolecular Hbond substituents is 1. The van der Waals surface area contributed by atoms with Crippen molar-refractivity contribution in [2.45, 2.75) is 0 Å². The van der Waals surface area contributed by atoms with Crippen molar-refractivity contribution in [3.63, 3.8) is 0 Å². The Bertz CT molecular complexity index is 384. The van der Waals surface area contributed by atoms with Crippen molar-refractivity contribution in [2.24, 2.45) is 0 Å². The number of phenols is 1. The fourth-order valence-electron chi connectivity index (χ4n) is 1.18. The molecule has 1 nitrogen and oxygen atoms in total. The molecule has 0 aliphatic rings. The summed E-state index contributed by atoms with van der Waals surface area (Å²) in [4.78, 5) is 0. The molecule has 1 unspecified atom stereocenters. The Morgan fingerprint density at radius 2 is 1.50 bits per heavy atom. The molecule has 0 aliphatic carbocycles. The Balaban J connectivity index is 0.000000720. The first kappa shape index (κ1) is 9.02. The fraction of sp³-hybridized carbons (Fsp3) is 0. The molecule has 0 bridgehead atoms. The second-order valence-corrected chi connectivity index (χ2v) is 2.53. The fourth-order valence-corrected chi connectivity index (χ4v) is 1.18. The van der Waals surface area contributed by atoms with Crippen LogP contribution < -0.4 is 0 Å².